The van der Waals surface area contributed by atoms with E-state index < -0.39 is 38.8 Å². The zero-order valence-corrected chi connectivity index (χ0v) is 9.54. The van der Waals surface area contributed by atoms with Gasteiger partial charge in [-0.05, 0) is 0 Å². The van der Waals surface area contributed by atoms with Gasteiger partial charge in [0.1, 0.15) is 0 Å². The molecule has 7 nitrogen and oxygen atoms in total. The smallest absolute Gasteiger partial charge is 0.503 e. The summed E-state index contributed by atoms with van der Waals surface area (Å²) in [4.78, 5) is 3.14. The molecule has 3 N–H and O–H groups in total. The second kappa shape index (κ2) is 4.49. The van der Waals surface area contributed by atoms with Gasteiger partial charge in [0, 0.05) is 6.07 Å². The first-order valence-electron chi connectivity index (χ1n) is 4.11. The van der Waals surface area contributed by atoms with Gasteiger partial charge >= 0.3 is 6.36 Å². The van der Waals surface area contributed by atoms with Gasteiger partial charge in [0.2, 0.25) is 5.03 Å². The van der Waals surface area contributed by atoms with E-state index in [0.717, 1.165) is 7.11 Å². The number of hydrogen-bond acceptors (Lipinski definition) is 6. The molecule has 1 heterocycles. The maximum Gasteiger partial charge on any atom is 0.573 e. The Bertz CT molecular complexity index is 557. The van der Waals surface area contributed by atoms with E-state index in [0.29, 0.717) is 6.07 Å². The maximum absolute atomic E-state index is 12.0. The van der Waals surface area contributed by atoms with Gasteiger partial charge in [-0.2, -0.15) is 4.98 Å². The van der Waals surface area contributed by atoms with E-state index in [1.165, 1.54) is 0 Å². The van der Waals surface area contributed by atoms with Crippen molar-refractivity contribution in [2.45, 2.75) is 11.4 Å². The van der Waals surface area contributed by atoms with Crippen LogP contribution in [-0.2, 0) is 10.0 Å². The number of rotatable bonds is 3. The van der Waals surface area contributed by atoms with E-state index in [9.17, 15) is 26.7 Å². The van der Waals surface area contributed by atoms with Crippen molar-refractivity contribution in [1.29, 1.82) is 0 Å². The number of alkyl halides is 3. The molecule has 0 radical (unpaired) electrons. The van der Waals surface area contributed by atoms with Crippen LogP contribution in [0.4, 0.5) is 13.2 Å². The lowest BCUT2D eigenvalue weighted by atomic mass is 10.4. The second-order valence-corrected chi connectivity index (χ2v) is 4.39. The Morgan fingerprint density at radius 3 is 2.39 bits per heavy atom. The summed E-state index contributed by atoms with van der Waals surface area (Å²) in [5.41, 5.74) is 0. The summed E-state index contributed by atoms with van der Waals surface area (Å²) in [5.74, 6) is -2.68. The average molecular weight is 288 g/mol. The minimum absolute atomic E-state index is 0.388. The summed E-state index contributed by atoms with van der Waals surface area (Å²) in [6.07, 6.45) is -5.16. The second-order valence-electron chi connectivity index (χ2n) is 2.91. The highest BCUT2D eigenvalue weighted by molar-refractivity contribution is 7.89. The molecule has 0 fully saturated rings. The minimum atomic E-state index is -5.16. The van der Waals surface area contributed by atoms with Crippen molar-refractivity contribution in [3.8, 4) is 17.4 Å². The predicted octanol–water partition coefficient (Wildman–Crippen LogP) is 0.342. The van der Waals surface area contributed by atoms with Crippen LogP contribution in [0.15, 0.2) is 11.1 Å². The Hall–Kier alpha value is -1.75. The standard InChI is InChI=1S/C7H7F3N2O5S/c1-16-5-3(13)2-4(17-7(8,9)10)6(12-5)18(11,14)15/h2,13H,1H3,(H2,11,14,15). The van der Waals surface area contributed by atoms with Crippen molar-refractivity contribution in [3.05, 3.63) is 6.07 Å². The Morgan fingerprint density at radius 2 is 2.00 bits per heavy atom. The minimum Gasteiger partial charge on any atom is -0.503 e. The number of halogens is 3. The van der Waals surface area contributed by atoms with Crippen LogP contribution >= 0.6 is 0 Å². The predicted molar refractivity (Wildman–Crippen MR) is 50.5 cm³/mol. The van der Waals surface area contributed by atoms with Crippen LogP contribution in [0.5, 0.6) is 17.4 Å². The number of nitrogens with two attached hydrogens (primary N) is 1. The van der Waals surface area contributed by atoms with E-state index >= 15 is 0 Å². The van der Waals surface area contributed by atoms with Crippen molar-refractivity contribution in [2.75, 3.05) is 7.11 Å². The molecule has 0 spiro atoms. The number of aromatic nitrogens is 1. The maximum atomic E-state index is 12.0. The molecular formula is C7H7F3N2O5S. The lowest BCUT2D eigenvalue weighted by Crippen LogP contribution is -2.22. The first-order chi connectivity index (χ1) is 8.04. The number of nitrogens with zero attached hydrogens (tertiary/aromatic N) is 1. The SMILES string of the molecule is COc1nc(S(N)(=O)=O)c(OC(F)(F)F)cc1O. The molecule has 0 unspecified atom stereocenters. The largest absolute Gasteiger partial charge is 0.573 e. The van der Waals surface area contributed by atoms with Crippen molar-refractivity contribution < 1.29 is 36.2 Å². The van der Waals surface area contributed by atoms with E-state index in [4.69, 9.17) is 0 Å². The van der Waals surface area contributed by atoms with E-state index in [-0.39, 0.29) is 0 Å². The number of primary sulfonamides is 1. The van der Waals surface area contributed by atoms with Crippen molar-refractivity contribution in [1.82, 2.24) is 4.98 Å². The van der Waals surface area contributed by atoms with Gasteiger partial charge in [-0.25, -0.2) is 13.6 Å². The zero-order chi connectivity index (χ0) is 14.1. The molecule has 11 heteroatoms. The van der Waals surface area contributed by atoms with Gasteiger partial charge in [-0.1, -0.05) is 0 Å². The lowest BCUT2D eigenvalue weighted by Gasteiger charge is -2.13. The molecule has 0 bridgehead atoms. The van der Waals surface area contributed by atoms with E-state index in [1.807, 2.05) is 0 Å². The van der Waals surface area contributed by atoms with Crippen LogP contribution in [0.2, 0.25) is 0 Å². The summed E-state index contributed by atoms with van der Waals surface area (Å²) in [5, 5.41) is 12.7. The Balaban J connectivity index is 3.45. The number of pyridine rings is 1. The van der Waals surface area contributed by atoms with Gasteiger partial charge < -0.3 is 14.6 Å². The highest BCUT2D eigenvalue weighted by Crippen LogP contribution is 2.35. The quantitative estimate of drug-likeness (QED) is 0.829. The van der Waals surface area contributed by atoms with Gasteiger partial charge in [0.25, 0.3) is 15.9 Å². The fourth-order valence-electron chi connectivity index (χ4n) is 1.00. The van der Waals surface area contributed by atoms with Crippen LogP contribution in [0, 0.1) is 0 Å². The summed E-state index contributed by atoms with van der Waals surface area (Å²) >= 11 is 0. The topological polar surface area (TPSA) is 112 Å². The normalized spacial score (nSPS) is 12.3. The zero-order valence-electron chi connectivity index (χ0n) is 8.72. The number of methoxy groups -OCH3 is 1. The first kappa shape index (κ1) is 14.3. The van der Waals surface area contributed by atoms with E-state index in [1.54, 1.807) is 0 Å². The average Bonchev–Trinajstić information content (AvgIpc) is 2.13. The fourth-order valence-corrected chi connectivity index (χ4v) is 1.60. The van der Waals surface area contributed by atoms with Gasteiger partial charge in [-0.15, -0.1) is 13.2 Å². The van der Waals surface area contributed by atoms with Gasteiger partial charge in [0.15, 0.2) is 11.5 Å². The molecule has 0 saturated heterocycles. The Morgan fingerprint density at radius 1 is 1.44 bits per heavy atom. The molecule has 0 aliphatic heterocycles. The Kier molecular flexibility index (Phi) is 3.57. The summed E-state index contributed by atoms with van der Waals surface area (Å²) in [6.45, 7) is 0. The number of hydrogen-bond donors (Lipinski definition) is 2. The molecule has 102 valence electrons. The van der Waals surface area contributed by atoms with E-state index in [2.05, 4.69) is 19.6 Å². The summed E-state index contributed by atoms with van der Waals surface area (Å²) in [7, 11) is -3.56. The van der Waals surface area contributed by atoms with Crippen LogP contribution in [0.1, 0.15) is 0 Å². The molecule has 1 rings (SSSR count). The van der Waals surface area contributed by atoms with Crippen molar-refractivity contribution >= 4 is 10.0 Å². The molecule has 0 amide bonds. The van der Waals surface area contributed by atoms with Crippen LogP contribution in [-0.4, -0.2) is 32.0 Å². The Labute approximate surface area is 99.0 Å². The third kappa shape index (κ3) is 3.37. The third-order valence-electron chi connectivity index (χ3n) is 1.59. The molecule has 0 atom stereocenters. The number of ether oxygens (including phenoxy) is 2. The highest BCUT2D eigenvalue weighted by Gasteiger charge is 2.35. The van der Waals surface area contributed by atoms with Crippen LogP contribution in [0.3, 0.4) is 0 Å². The van der Waals surface area contributed by atoms with Crippen LogP contribution < -0.4 is 14.6 Å². The van der Waals surface area contributed by atoms with Gasteiger partial charge in [-0.3, -0.25) is 0 Å². The van der Waals surface area contributed by atoms with Crippen molar-refractivity contribution in [2.24, 2.45) is 5.14 Å². The van der Waals surface area contributed by atoms with Crippen molar-refractivity contribution in [3.63, 3.8) is 0 Å². The third-order valence-corrected chi connectivity index (χ3v) is 2.42. The monoisotopic (exact) mass is 288 g/mol. The number of aromatic hydroxyl groups is 1. The molecule has 0 aliphatic carbocycles. The molecular weight excluding hydrogens is 281 g/mol. The number of sulfonamides is 1. The summed E-state index contributed by atoms with van der Waals surface area (Å²) < 4.78 is 66.0. The lowest BCUT2D eigenvalue weighted by molar-refractivity contribution is -0.275. The molecule has 0 aromatic carbocycles. The van der Waals surface area contributed by atoms with Gasteiger partial charge in [0.05, 0.1) is 7.11 Å². The van der Waals surface area contributed by atoms with Crippen LogP contribution in [0.25, 0.3) is 0 Å². The molecule has 0 saturated carbocycles. The highest BCUT2D eigenvalue weighted by atomic mass is 32.2. The summed E-state index contributed by atoms with van der Waals surface area (Å²) in [6, 6.07) is 0.388. The first-order valence-corrected chi connectivity index (χ1v) is 5.66. The fraction of sp³-hybridized carbons (Fsp3) is 0.286. The molecule has 1 aromatic rings. The molecule has 18 heavy (non-hydrogen) atoms. The molecule has 1 aromatic heterocycles. The molecule has 0 aliphatic rings.